The highest BCUT2D eigenvalue weighted by molar-refractivity contribution is 6.00. The molecule has 1 N–H and O–H groups in total. The Labute approximate surface area is 131 Å². The predicted octanol–water partition coefficient (Wildman–Crippen LogP) is 3.22. The van der Waals surface area contributed by atoms with Gasteiger partial charge in [0.25, 0.3) is 5.91 Å². The Balaban J connectivity index is 2.05. The average Bonchev–Trinajstić information content (AvgIpc) is 2.53. The van der Waals surface area contributed by atoms with Gasteiger partial charge in [0.15, 0.2) is 0 Å². The number of anilines is 1. The lowest BCUT2D eigenvalue weighted by Crippen LogP contribution is -2.19. The largest absolute Gasteiger partial charge is 0.378 e. The van der Waals surface area contributed by atoms with Gasteiger partial charge in [-0.05, 0) is 43.7 Å². The third-order valence-corrected chi connectivity index (χ3v) is 3.44. The topological polar surface area (TPSA) is 44.7 Å². The summed E-state index contributed by atoms with van der Waals surface area (Å²) < 4.78 is 0. The average molecular weight is 295 g/mol. The number of carbonyl (C=O) groups is 1. The van der Waals surface area contributed by atoms with E-state index in [2.05, 4.69) is 10.5 Å². The summed E-state index contributed by atoms with van der Waals surface area (Å²) in [7, 11) is 3.93. The van der Waals surface area contributed by atoms with Crippen molar-refractivity contribution in [2.45, 2.75) is 13.8 Å². The lowest BCUT2D eigenvalue weighted by Gasteiger charge is -2.12. The first-order valence-corrected chi connectivity index (χ1v) is 7.16. The highest BCUT2D eigenvalue weighted by atomic mass is 16.2. The van der Waals surface area contributed by atoms with Gasteiger partial charge in [-0.15, -0.1) is 0 Å². The summed E-state index contributed by atoms with van der Waals surface area (Å²) in [6, 6.07) is 15.4. The number of carbonyl (C=O) groups excluding carboxylic acids is 1. The van der Waals surface area contributed by atoms with E-state index in [4.69, 9.17) is 0 Å². The van der Waals surface area contributed by atoms with Gasteiger partial charge < -0.3 is 4.90 Å². The molecule has 0 aliphatic rings. The molecular formula is C18H21N3O. The van der Waals surface area contributed by atoms with E-state index in [1.807, 2.05) is 69.2 Å². The van der Waals surface area contributed by atoms with Crippen molar-refractivity contribution in [2.24, 2.45) is 5.10 Å². The zero-order valence-corrected chi connectivity index (χ0v) is 13.4. The molecular weight excluding hydrogens is 274 g/mol. The molecule has 0 spiro atoms. The zero-order chi connectivity index (χ0) is 16.1. The van der Waals surface area contributed by atoms with Crippen LogP contribution >= 0.6 is 0 Å². The second-order valence-electron chi connectivity index (χ2n) is 5.45. The van der Waals surface area contributed by atoms with Crippen LogP contribution in [0.2, 0.25) is 0 Å². The Morgan fingerprint density at radius 2 is 1.50 bits per heavy atom. The van der Waals surface area contributed by atoms with Crippen LogP contribution < -0.4 is 10.3 Å². The van der Waals surface area contributed by atoms with Crippen LogP contribution in [0.25, 0.3) is 0 Å². The van der Waals surface area contributed by atoms with Crippen LogP contribution in [0.5, 0.6) is 0 Å². The van der Waals surface area contributed by atoms with Gasteiger partial charge in [0, 0.05) is 25.3 Å². The fraction of sp³-hybridized carbons (Fsp3) is 0.222. The summed E-state index contributed by atoms with van der Waals surface area (Å²) in [5.41, 5.74) is 7.20. The number of rotatable bonds is 4. The Kier molecular flexibility index (Phi) is 4.94. The molecule has 22 heavy (non-hydrogen) atoms. The molecule has 0 saturated carbocycles. The van der Waals surface area contributed by atoms with Crippen LogP contribution in [0.15, 0.2) is 53.6 Å². The predicted molar refractivity (Wildman–Crippen MR) is 91.6 cm³/mol. The number of aryl methyl sites for hydroxylation is 1. The van der Waals surface area contributed by atoms with E-state index in [9.17, 15) is 4.79 Å². The highest BCUT2D eigenvalue weighted by Crippen LogP contribution is 2.12. The maximum Gasteiger partial charge on any atom is 0.271 e. The molecule has 114 valence electrons. The molecule has 2 aromatic carbocycles. The monoisotopic (exact) mass is 295 g/mol. The van der Waals surface area contributed by atoms with Gasteiger partial charge in [0.05, 0.1) is 5.71 Å². The van der Waals surface area contributed by atoms with Gasteiger partial charge in [-0.25, -0.2) is 5.43 Å². The Morgan fingerprint density at radius 1 is 0.955 bits per heavy atom. The molecule has 0 heterocycles. The molecule has 0 saturated heterocycles. The lowest BCUT2D eigenvalue weighted by molar-refractivity contribution is 0.0955. The molecule has 0 aliphatic carbocycles. The fourth-order valence-electron chi connectivity index (χ4n) is 1.97. The minimum atomic E-state index is -0.211. The van der Waals surface area contributed by atoms with Crippen molar-refractivity contribution in [1.82, 2.24) is 5.43 Å². The van der Waals surface area contributed by atoms with Crippen molar-refractivity contribution in [2.75, 3.05) is 19.0 Å². The minimum absolute atomic E-state index is 0.211. The van der Waals surface area contributed by atoms with E-state index < -0.39 is 0 Å². The van der Waals surface area contributed by atoms with Gasteiger partial charge >= 0.3 is 0 Å². The van der Waals surface area contributed by atoms with Crippen LogP contribution in [-0.2, 0) is 0 Å². The van der Waals surface area contributed by atoms with E-state index in [1.165, 1.54) is 5.56 Å². The molecule has 0 aromatic heterocycles. The maximum absolute atomic E-state index is 12.1. The van der Waals surface area contributed by atoms with Crippen molar-refractivity contribution in [3.05, 3.63) is 65.2 Å². The summed E-state index contributed by atoms with van der Waals surface area (Å²) in [5, 5.41) is 4.16. The van der Waals surface area contributed by atoms with E-state index in [0.29, 0.717) is 5.56 Å². The van der Waals surface area contributed by atoms with E-state index >= 15 is 0 Å². The Morgan fingerprint density at radius 3 is 2.05 bits per heavy atom. The molecule has 0 fully saturated rings. The van der Waals surface area contributed by atoms with Crippen LogP contribution in [0.3, 0.4) is 0 Å². The Hall–Kier alpha value is -2.62. The summed E-state index contributed by atoms with van der Waals surface area (Å²) >= 11 is 0. The minimum Gasteiger partial charge on any atom is -0.378 e. The number of hydrazone groups is 1. The van der Waals surface area contributed by atoms with E-state index in [1.54, 1.807) is 12.1 Å². The molecule has 4 heteroatoms. The van der Waals surface area contributed by atoms with Gasteiger partial charge in [-0.1, -0.05) is 29.8 Å². The van der Waals surface area contributed by atoms with Gasteiger partial charge in [0.1, 0.15) is 0 Å². The maximum atomic E-state index is 12.1. The quantitative estimate of drug-likeness (QED) is 0.695. The van der Waals surface area contributed by atoms with Crippen LogP contribution in [0.4, 0.5) is 5.69 Å². The molecule has 0 unspecified atom stereocenters. The summed E-state index contributed by atoms with van der Waals surface area (Å²) in [6.45, 7) is 3.91. The first-order valence-electron chi connectivity index (χ1n) is 7.16. The number of nitrogens with zero attached hydrogens (tertiary/aromatic N) is 2. The fourth-order valence-corrected chi connectivity index (χ4v) is 1.97. The van der Waals surface area contributed by atoms with E-state index in [-0.39, 0.29) is 5.91 Å². The molecule has 0 radical (unpaired) electrons. The zero-order valence-electron chi connectivity index (χ0n) is 13.4. The highest BCUT2D eigenvalue weighted by Gasteiger charge is 2.05. The van der Waals surface area contributed by atoms with Gasteiger partial charge in [-0.2, -0.15) is 5.10 Å². The first-order chi connectivity index (χ1) is 10.5. The molecule has 0 bridgehead atoms. The third-order valence-electron chi connectivity index (χ3n) is 3.44. The number of nitrogens with one attached hydrogen (secondary N) is 1. The molecule has 4 nitrogen and oxygen atoms in total. The van der Waals surface area contributed by atoms with Crippen LogP contribution in [0.1, 0.15) is 28.4 Å². The van der Waals surface area contributed by atoms with Crippen LogP contribution in [-0.4, -0.2) is 25.7 Å². The number of amides is 1. The molecule has 0 atom stereocenters. The first kappa shape index (κ1) is 15.8. The summed E-state index contributed by atoms with van der Waals surface area (Å²) in [5.74, 6) is -0.211. The van der Waals surface area contributed by atoms with Crippen molar-refractivity contribution in [3.63, 3.8) is 0 Å². The van der Waals surface area contributed by atoms with Gasteiger partial charge in [0.2, 0.25) is 0 Å². The summed E-state index contributed by atoms with van der Waals surface area (Å²) in [4.78, 5) is 14.1. The number of benzene rings is 2. The van der Waals surface area contributed by atoms with E-state index in [0.717, 1.165) is 17.0 Å². The van der Waals surface area contributed by atoms with Gasteiger partial charge in [-0.3, -0.25) is 4.79 Å². The van der Waals surface area contributed by atoms with Crippen molar-refractivity contribution in [1.29, 1.82) is 0 Å². The number of hydrogen-bond acceptors (Lipinski definition) is 3. The lowest BCUT2D eigenvalue weighted by atomic mass is 10.1. The Bertz CT molecular complexity index is 670. The van der Waals surface area contributed by atoms with Crippen molar-refractivity contribution >= 4 is 17.3 Å². The van der Waals surface area contributed by atoms with Crippen molar-refractivity contribution in [3.8, 4) is 0 Å². The normalized spacial score (nSPS) is 11.2. The molecule has 2 rings (SSSR count). The van der Waals surface area contributed by atoms with Crippen LogP contribution in [0, 0.1) is 6.92 Å². The molecule has 0 aliphatic heterocycles. The standard InChI is InChI=1S/C18H21N3O/c1-13-5-7-15(8-6-13)14(2)19-20-18(22)16-9-11-17(12-10-16)21(3)4/h5-12H,1-4H3,(H,20,22)/b19-14+. The van der Waals surface area contributed by atoms with Crippen molar-refractivity contribution < 1.29 is 4.79 Å². The second kappa shape index (κ2) is 6.89. The third kappa shape index (κ3) is 3.95. The summed E-state index contributed by atoms with van der Waals surface area (Å²) in [6.07, 6.45) is 0. The molecule has 1 amide bonds. The molecule has 2 aromatic rings. The SMILES string of the molecule is C/C(=N\NC(=O)c1ccc(N(C)C)cc1)c1ccc(C)cc1. The smallest absolute Gasteiger partial charge is 0.271 e. The number of hydrogen-bond donors (Lipinski definition) is 1. The second-order valence-corrected chi connectivity index (χ2v) is 5.45.